The summed E-state index contributed by atoms with van der Waals surface area (Å²) in [6.07, 6.45) is -34.3. The van der Waals surface area contributed by atoms with Gasteiger partial charge in [0.25, 0.3) is 0 Å². The van der Waals surface area contributed by atoms with Crippen molar-refractivity contribution in [2.75, 3.05) is 0 Å². The Bertz CT molecular complexity index is 1210. The molecule has 39 heavy (non-hydrogen) atoms. The molecule has 0 amide bonds. The van der Waals surface area contributed by atoms with Crippen LogP contribution in [0.3, 0.4) is 0 Å². The third-order valence-electron chi connectivity index (χ3n) is 5.10. The minimum atomic E-state index is -6.99. The van der Waals surface area contributed by atoms with Crippen LogP contribution in [0.15, 0.2) is 23.2 Å². The molecule has 218 valence electrons. The summed E-state index contributed by atoms with van der Waals surface area (Å²) in [6, 6.07) is 3.09. The molecule has 2 rings (SSSR count). The Morgan fingerprint density at radius 1 is 0.564 bits per heavy atom. The van der Waals surface area contributed by atoms with Crippen molar-refractivity contribution in [2.24, 2.45) is 4.99 Å². The van der Waals surface area contributed by atoms with Gasteiger partial charge in [-0.15, -0.1) is 0 Å². The van der Waals surface area contributed by atoms with Gasteiger partial charge in [0.15, 0.2) is 0 Å². The van der Waals surface area contributed by atoms with Crippen molar-refractivity contribution < 1.29 is 71.0 Å². The number of alkyl halides is 15. The number of phenolic OH excluding ortho intramolecular Hbond substituents is 1. The lowest BCUT2D eigenvalue weighted by Gasteiger charge is -2.29. The fourth-order valence-corrected chi connectivity index (χ4v) is 3.67. The molecule has 0 aromatic heterocycles. The van der Waals surface area contributed by atoms with E-state index >= 15 is 0 Å². The van der Waals surface area contributed by atoms with Crippen LogP contribution in [-0.4, -0.2) is 11.3 Å². The fraction of sp³-hybridized carbons (Fsp3) is 0.409. The van der Waals surface area contributed by atoms with Gasteiger partial charge in [0.2, 0.25) is 0 Å². The zero-order chi connectivity index (χ0) is 30.7. The van der Waals surface area contributed by atoms with Gasteiger partial charge in [0, 0.05) is 11.8 Å². The first-order valence-corrected chi connectivity index (χ1v) is 10.1. The van der Waals surface area contributed by atoms with Gasteiger partial charge in [0.05, 0.1) is 33.5 Å². The molecule has 0 fully saturated rings. The summed E-state index contributed by atoms with van der Waals surface area (Å²) in [5, 5.41) is 10.3. The SMILES string of the molecule is CC(C)(C)c1cccc(C=Nc2c(C(F)(F)F)c(C(F)(F)F)c(C(F)(F)F)c(C(F)(F)F)c2C(F)(F)F)c1O. The van der Waals surface area contributed by atoms with Crippen molar-refractivity contribution in [1.82, 2.24) is 0 Å². The first-order chi connectivity index (χ1) is 17.1. The van der Waals surface area contributed by atoms with Crippen LogP contribution < -0.4 is 0 Å². The van der Waals surface area contributed by atoms with E-state index in [9.17, 15) is 71.0 Å². The lowest BCUT2D eigenvalue weighted by molar-refractivity contribution is -0.188. The van der Waals surface area contributed by atoms with Gasteiger partial charge in [-0.2, -0.15) is 65.9 Å². The molecule has 0 aliphatic carbocycles. The fourth-order valence-electron chi connectivity index (χ4n) is 3.67. The minimum absolute atomic E-state index is 0.0158. The zero-order valence-electron chi connectivity index (χ0n) is 19.4. The van der Waals surface area contributed by atoms with Crippen molar-refractivity contribution in [2.45, 2.75) is 57.1 Å². The van der Waals surface area contributed by atoms with Crippen LogP contribution in [0.2, 0.25) is 0 Å². The molecule has 0 radical (unpaired) electrons. The highest BCUT2D eigenvalue weighted by molar-refractivity contribution is 5.87. The summed E-state index contributed by atoms with van der Waals surface area (Å²) < 4.78 is 205. The van der Waals surface area contributed by atoms with Crippen LogP contribution in [0, 0.1) is 0 Å². The number of hydrogen-bond acceptors (Lipinski definition) is 2. The van der Waals surface area contributed by atoms with Crippen LogP contribution >= 0.6 is 0 Å². The third-order valence-corrected chi connectivity index (χ3v) is 5.10. The van der Waals surface area contributed by atoms with Gasteiger partial charge in [-0.1, -0.05) is 32.9 Å². The molecular weight excluding hydrogens is 579 g/mol. The highest BCUT2D eigenvalue weighted by Gasteiger charge is 2.60. The standard InChI is InChI=1S/C22H14F15NO/c1-17(2,3)9-6-4-5-8(16(9)39)7-38-15-13(21(32,33)34)11(19(26,27)28)10(18(23,24)25)12(20(29,30)31)14(15)22(35,36)37/h4-7,39H,1-3H3. The Kier molecular flexibility index (Phi) is 7.81. The van der Waals surface area contributed by atoms with E-state index < -0.39 is 81.1 Å². The van der Waals surface area contributed by atoms with Gasteiger partial charge in [-0.25, -0.2) is 0 Å². The summed E-state index contributed by atoms with van der Waals surface area (Å²) >= 11 is 0. The van der Waals surface area contributed by atoms with Crippen molar-refractivity contribution in [1.29, 1.82) is 0 Å². The van der Waals surface area contributed by atoms with E-state index in [2.05, 4.69) is 4.99 Å². The number of para-hydroxylation sites is 1. The van der Waals surface area contributed by atoms with Crippen LogP contribution in [0.25, 0.3) is 0 Å². The Morgan fingerprint density at radius 2 is 0.897 bits per heavy atom. The summed E-state index contributed by atoms with van der Waals surface area (Å²) in [4.78, 5) is 2.57. The number of benzene rings is 2. The van der Waals surface area contributed by atoms with Crippen molar-refractivity contribution >= 4 is 11.9 Å². The molecule has 0 saturated carbocycles. The summed E-state index contributed by atoms with van der Waals surface area (Å²) in [5.74, 6) is -0.866. The second-order valence-corrected chi connectivity index (χ2v) is 8.96. The average molecular weight is 593 g/mol. The van der Waals surface area contributed by atoms with E-state index in [1.807, 2.05) is 0 Å². The Morgan fingerprint density at radius 3 is 1.21 bits per heavy atom. The van der Waals surface area contributed by atoms with E-state index in [0.717, 1.165) is 12.1 Å². The summed E-state index contributed by atoms with van der Waals surface area (Å²) in [6.45, 7) is 4.44. The molecule has 0 saturated heterocycles. The minimum Gasteiger partial charge on any atom is -0.507 e. The molecule has 0 heterocycles. The Balaban J connectivity index is 3.33. The molecule has 0 spiro atoms. The number of aliphatic imine (C=N–C) groups is 1. The third kappa shape index (κ3) is 6.54. The van der Waals surface area contributed by atoms with E-state index in [1.165, 1.54) is 26.8 Å². The smallest absolute Gasteiger partial charge is 0.419 e. The van der Waals surface area contributed by atoms with Crippen molar-refractivity contribution in [3.63, 3.8) is 0 Å². The predicted molar refractivity (Wildman–Crippen MR) is 106 cm³/mol. The number of halogens is 15. The molecule has 2 nitrogen and oxygen atoms in total. The second kappa shape index (κ2) is 9.50. The maximum Gasteiger partial charge on any atom is 0.419 e. The summed E-state index contributed by atoms with van der Waals surface area (Å²) in [5.41, 5.74) is -24.7. The average Bonchev–Trinajstić information content (AvgIpc) is 2.66. The Hall–Kier alpha value is -3.14. The molecule has 0 bridgehead atoms. The lowest BCUT2D eigenvalue weighted by atomic mass is 9.85. The molecule has 0 atom stereocenters. The number of hydrogen-bond donors (Lipinski definition) is 1. The van der Waals surface area contributed by atoms with E-state index in [4.69, 9.17) is 0 Å². The Labute approximate surface area is 208 Å². The molecule has 17 heteroatoms. The van der Waals surface area contributed by atoms with Gasteiger partial charge in [0.1, 0.15) is 5.75 Å². The molecular formula is C22H14F15NO. The quantitative estimate of drug-likeness (QED) is 0.273. The van der Waals surface area contributed by atoms with E-state index in [0.29, 0.717) is 0 Å². The van der Waals surface area contributed by atoms with Crippen molar-refractivity contribution in [3.05, 3.63) is 57.1 Å². The zero-order valence-corrected chi connectivity index (χ0v) is 19.4. The number of phenols is 1. The van der Waals surface area contributed by atoms with Crippen LogP contribution in [0.4, 0.5) is 71.5 Å². The maximum absolute atomic E-state index is 13.8. The molecule has 1 N–H and O–H groups in total. The van der Waals surface area contributed by atoms with E-state index in [-0.39, 0.29) is 11.8 Å². The lowest BCUT2D eigenvalue weighted by Crippen LogP contribution is -2.31. The van der Waals surface area contributed by atoms with Crippen LogP contribution in [-0.2, 0) is 36.3 Å². The van der Waals surface area contributed by atoms with Crippen LogP contribution in [0.1, 0.15) is 59.7 Å². The normalized spacial score (nSPS) is 14.4. The first-order valence-electron chi connectivity index (χ1n) is 10.1. The molecule has 2 aromatic carbocycles. The molecule has 0 unspecified atom stereocenters. The molecule has 0 aliphatic heterocycles. The molecule has 0 aliphatic rings. The van der Waals surface area contributed by atoms with Gasteiger partial charge >= 0.3 is 30.9 Å². The molecule has 2 aromatic rings. The summed E-state index contributed by atoms with van der Waals surface area (Å²) in [7, 11) is 0. The predicted octanol–water partition coefficient (Wildman–Crippen LogP) is 9.53. The largest absolute Gasteiger partial charge is 0.507 e. The number of aromatic hydroxyl groups is 1. The topological polar surface area (TPSA) is 32.6 Å². The number of nitrogens with zero attached hydrogens (tertiary/aromatic N) is 1. The van der Waals surface area contributed by atoms with Crippen molar-refractivity contribution in [3.8, 4) is 5.75 Å². The van der Waals surface area contributed by atoms with Gasteiger partial charge < -0.3 is 5.11 Å². The highest BCUT2D eigenvalue weighted by atomic mass is 19.4. The second-order valence-electron chi connectivity index (χ2n) is 8.96. The monoisotopic (exact) mass is 593 g/mol. The van der Waals surface area contributed by atoms with E-state index in [1.54, 1.807) is 0 Å². The maximum atomic E-state index is 13.8. The number of rotatable bonds is 2. The van der Waals surface area contributed by atoms with Gasteiger partial charge in [-0.3, -0.25) is 4.99 Å². The first kappa shape index (κ1) is 32.1. The highest BCUT2D eigenvalue weighted by Crippen LogP contribution is 2.58. The van der Waals surface area contributed by atoms with Crippen LogP contribution in [0.5, 0.6) is 5.75 Å². The van der Waals surface area contributed by atoms with Gasteiger partial charge in [-0.05, 0) is 17.0 Å².